The summed E-state index contributed by atoms with van der Waals surface area (Å²) in [6.07, 6.45) is -5.43. The third-order valence-electron chi connectivity index (χ3n) is 1.51. The van der Waals surface area contributed by atoms with Crippen LogP contribution >= 0.6 is 0 Å². The predicted molar refractivity (Wildman–Crippen MR) is 34.6 cm³/mol. The van der Waals surface area contributed by atoms with Crippen LogP contribution in [0.2, 0.25) is 0 Å². The van der Waals surface area contributed by atoms with Crippen LogP contribution in [0.1, 0.15) is 6.92 Å². The monoisotopic (exact) mass is 240 g/mol. The van der Waals surface area contributed by atoms with Crippen molar-refractivity contribution in [2.45, 2.75) is 24.1 Å². The molecule has 0 radical (unpaired) electrons. The lowest BCUT2D eigenvalue weighted by molar-refractivity contribution is -0.419. The molecule has 0 bridgehead atoms. The Morgan fingerprint density at radius 3 is 2.14 bits per heavy atom. The Morgan fingerprint density at radius 1 is 1.43 bits per heavy atom. The fourth-order valence-corrected chi connectivity index (χ4v) is 1.77. The molecule has 0 aliphatic carbocycles. The van der Waals surface area contributed by atoms with Crippen LogP contribution in [0.25, 0.3) is 0 Å². The first-order chi connectivity index (χ1) is 6.19. The molecule has 14 heavy (non-hydrogen) atoms. The molecule has 1 fully saturated rings. The molecule has 84 valence electrons. The van der Waals surface area contributed by atoms with Crippen molar-refractivity contribution in [3.05, 3.63) is 0 Å². The molecule has 1 saturated heterocycles. The van der Waals surface area contributed by atoms with Crippen LogP contribution in [-0.4, -0.2) is 28.0 Å². The second-order valence-corrected chi connectivity index (χ2v) is 3.53. The first-order valence-corrected chi connectivity index (χ1v) is 4.46. The standard InChI is InChI=1S/C5H5F5O3S/c1-2-12-3(4(6,7)8)5(9,10)14(11)13-3/h2H2,1H3. The molecular weight excluding hydrogens is 235 g/mol. The Balaban J connectivity index is 3.04. The maximum absolute atomic E-state index is 12.7. The van der Waals surface area contributed by atoms with Crippen LogP contribution in [0.3, 0.4) is 0 Å². The minimum absolute atomic E-state index is 0.633. The van der Waals surface area contributed by atoms with Crippen molar-refractivity contribution in [1.29, 1.82) is 0 Å². The molecular formula is C5H5F5O3S. The van der Waals surface area contributed by atoms with E-state index in [0.29, 0.717) is 0 Å². The summed E-state index contributed by atoms with van der Waals surface area (Å²) < 4.78 is 79.4. The molecule has 2 unspecified atom stereocenters. The van der Waals surface area contributed by atoms with Gasteiger partial charge in [0, 0.05) is 6.61 Å². The molecule has 0 amide bonds. The molecule has 0 aromatic heterocycles. The van der Waals surface area contributed by atoms with E-state index in [4.69, 9.17) is 0 Å². The van der Waals surface area contributed by atoms with E-state index in [9.17, 15) is 26.2 Å². The molecule has 0 saturated carbocycles. The lowest BCUT2D eigenvalue weighted by Crippen LogP contribution is -2.72. The van der Waals surface area contributed by atoms with Crippen LogP contribution in [0, 0.1) is 0 Å². The van der Waals surface area contributed by atoms with E-state index in [0.717, 1.165) is 6.92 Å². The fraction of sp³-hybridized carbons (Fsp3) is 1.00. The lowest BCUT2D eigenvalue weighted by atomic mass is 10.2. The smallest absolute Gasteiger partial charge is 0.337 e. The van der Waals surface area contributed by atoms with Crippen molar-refractivity contribution >= 4 is 11.1 Å². The third kappa shape index (κ3) is 1.26. The van der Waals surface area contributed by atoms with Gasteiger partial charge in [0.1, 0.15) is 0 Å². The first kappa shape index (κ1) is 11.8. The van der Waals surface area contributed by atoms with Gasteiger partial charge in [0.05, 0.1) is 0 Å². The highest BCUT2D eigenvalue weighted by molar-refractivity contribution is 7.82. The molecule has 0 aromatic rings. The van der Waals surface area contributed by atoms with Gasteiger partial charge in [0.25, 0.3) is 0 Å². The van der Waals surface area contributed by atoms with E-state index in [-0.39, 0.29) is 0 Å². The zero-order valence-electron chi connectivity index (χ0n) is 6.73. The van der Waals surface area contributed by atoms with E-state index in [1.807, 2.05) is 0 Å². The molecule has 0 spiro atoms. The lowest BCUT2D eigenvalue weighted by Gasteiger charge is -2.45. The van der Waals surface area contributed by atoms with Crippen molar-refractivity contribution in [3.8, 4) is 0 Å². The number of rotatable bonds is 2. The normalized spacial score (nSPS) is 36.6. The second kappa shape index (κ2) is 3.11. The summed E-state index contributed by atoms with van der Waals surface area (Å²) >= 11 is -3.30. The molecule has 1 heterocycles. The van der Waals surface area contributed by atoms with Gasteiger partial charge >= 0.3 is 17.2 Å². The van der Waals surface area contributed by atoms with Gasteiger partial charge in [0.2, 0.25) is 11.1 Å². The minimum Gasteiger partial charge on any atom is -0.337 e. The topological polar surface area (TPSA) is 35.5 Å². The highest BCUT2D eigenvalue weighted by Gasteiger charge is 2.85. The number of hydrogen-bond acceptors (Lipinski definition) is 3. The molecule has 1 aliphatic heterocycles. The van der Waals surface area contributed by atoms with E-state index in [1.165, 1.54) is 0 Å². The van der Waals surface area contributed by atoms with Gasteiger partial charge in [0.15, 0.2) is 0 Å². The Kier molecular flexibility index (Phi) is 2.62. The van der Waals surface area contributed by atoms with Crippen molar-refractivity contribution in [1.82, 2.24) is 0 Å². The number of alkyl halides is 5. The van der Waals surface area contributed by atoms with Gasteiger partial charge in [-0.15, -0.1) is 0 Å². The van der Waals surface area contributed by atoms with Crippen LogP contribution in [0.5, 0.6) is 0 Å². The van der Waals surface area contributed by atoms with E-state index in [2.05, 4.69) is 8.92 Å². The Morgan fingerprint density at radius 2 is 1.93 bits per heavy atom. The second-order valence-electron chi connectivity index (χ2n) is 2.38. The highest BCUT2D eigenvalue weighted by Crippen LogP contribution is 2.55. The van der Waals surface area contributed by atoms with Gasteiger partial charge in [-0.05, 0) is 6.92 Å². The van der Waals surface area contributed by atoms with Crippen LogP contribution in [0.15, 0.2) is 0 Å². The predicted octanol–water partition coefficient (Wildman–Crippen LogP) is 1.57. The van der Waals surface area contributed by atoms with Crippen molar-refractivity contribution in [3.63, 3.8) is 0 Å². The summed E-state index contributed by atoms with van der Waals surface area (Å²) in [4.78, 5) is 0. The average Bonchev–Trinajstić information content (AvgIpc) is 2.01. The van der Waals surface area contributed by atoms with Crippen molar-refractivity contribution < 1.29 is 35.1 Å². The quantitative estimate of drug-likeness (QED) is 0.687. The Labute approximate surface area is 77.8 Å². The number of halogens is 5. The third-order valence-corrected chi connectivity index (χ3v) is 2.58. The summed E-state index contributed by atoms with van der Waals surface area (Å²) in [6, 6.07) is 0. The number of hydrogen-bond donors (Lipinski definition) is 0. The summed E-state index contributed by atoms with van der Waals surface area (Å²) in [5.41, 5.74) is 0. The van der Waals surface area contributed by atoms with Gasteiger partial charge in [-0.25, -0.2) is 8.39 Å². The zero-order chi connectivity index (χ0) is 11.2. The van der Waals surface area contributed by atoms with E-state index < -0.39 is 34.9 Å². The van der Waals surface area contributed by atoms with Crippen LogP contribution in [-0.2, 0) is 20.0 Å². The molecule has 2 atom stereocenters. The van der Waals surface area contributed by atoms with Gasteiger partial charge in [-0.3, -0.25) is 0 Å². The summed E-state index contributed by atoms with van der Waals surface area (Å²) in [5, 5.41) is -4.57. The zero-order valence-corrected chi connectivity index (χ0v) is 7.55. The van der Waals surface area contributed by atoms with Crippen molar-refractivity contribution in [2.75, 3.05) is 6.61 Å². The fourth-order valence-electron chi connectivity index (χ4n) is 0.889. The Bertz CT molecular complexity index is 265. The molecule has 1 aliphatic rings. The molecule has 9 heteroatoms. The maximum Gasteiger partial charge on any atom is 0.452 e. The summed E-state index contributed by atoms with van der Waals surface area (Å²) in [6.45, 7) is 0.459. The minimum atomic E-state index is -5.43. The molecule has 0 N–H and O–H groups in total. The molecule has 0 aromatic carbocycles. The van der Waals surface area contributed by atoms with E-state index in [1.54, 1.807) is 0 Å². The Hall–Kier alpha value is -0.280. The largest absolute Gasteiger partial charge is 0.452 e. The summed E-state index contributed by atoms with van der Waals surface area (Å²) in [5.74, 6) is -4.06. The highest BCUT2D eigenvalue weighted by atomic mass is 32.2. The molecule has 3 nitrogen and oxygen atoms in total. The van der Waals surface area contributed by atoms with Crippen LogP contribution in [0.4, 0.5) is 22.0 Å². The number of ether oxygens (including phenoxy) is 1. The van der Waals surface area contributed by atoms with Crippen molar-refractivity contribution in [2.24, 2.45) is 0 Å². The molecule has 1 rings (SSSR count). The van der Waals surface area contributed by atoms with Gasteiger partial charge in [-0.2, -0.15) is 22.0 Å². The summed E-state index contributed by atoms with van der Waals surface area (Å²) in [7, 11) is 0. The van der Waals surface area contributed by atoms with E-state index >= 15 is 0 Å². The van der Waals surface area contributed by atoms with Gasteiger partial charge < -0.3 is 4.74 Å². The maximum atomic E-state index is 12.7. The van der Waals surface area contributed by atoms with Gasteiger partial charge in [-0.1, -0.05) is 0 Å². The van der Waals surface area contributed by atoms with Crippen LogP contribution < -0.4 is 0 Å². The first-order valence-electron chi connectivity index (χ1n) is 3.39. The average molecular weight is 240 g/mol. The SMILES string of the molecule is CCOC1(C(F)(F)F)OS(=O)C1(F)F.